The molecule has 20 heavy (non-hydrogen) atoms. The fourth-order valence-electron chi connectivity index (χ4n) is 2.27. The Balaban J connectivity index is 2.05. The van der Waals surface area contributed by atoms with Gasteiger partial charge in [0.05, 0.1) is 11.5 Å². The summed E-state index contributed by atoms with van der Waals surface area (Å²) in [6.45, 7) is 0.262. The molecule has 2 rings (SSSR count). The van der Waals surface area contributed by atoms with Crippen LogP contribution in [0.4, 0.5) is 13.2 Å². The smallest absolute Gasteiger partial charge is 0.339 e. The predicted octanol–water partition coefficient (Wildman–Crippen LogP) is 4.15. The van der Waals surface area contributed by atoms with Crippen LogP contribution in [-0.4, -0.2) is 30.1 Å². The second-order valence-electron chi connectivity index (χ2n) is 4.77. The van der Waals surface area contributed by atoms with E-state index in [0.29, 0.717) is 10.5 Å². The van der Waals surface area contributed by atoms with Gasteiger partial charge < -0.3 is 4.90 Å². The van der Waals surface area contributed by atoms with Gasteiger partial charge >= 0.3 is 6.18 Å². The van der Waals surface area contributed by atoms with Gasteiger partial charge in [0.2, 0.25) is 0 Å². The third kappa shape index (κ3) is 3.49. The van der Waals surface area contributed by atoms with Crippen LogP contribution in [0.15, 0.2) is 27.6 Å². The van der Waals surface area contributed by atoms with Gasteiger partial charge in [-0.25, -0.2) is 0 Å². The third-order valence-corrected chi connectivity index (χ3v) is 4.30. The van der Waals surface area contributed by atoms with Crippen molar-refractivity contribution in [1.82, 2.24) is 4.90 Å². The Morgan fingerprint density at radius 3 is 2.40 bits per heavy atom. The van der Waals surface area contributed by atoms with Gasteiger partial charge in [-0.15, -0.1) is 12.6 Å². The van der Waals surface area contributed by atoms with Crippen LogP contribution < -0.4 is 0 Å². The van der Waals surface area contributed by atoms with Crippen molar-refractivity contribution in [1.29, 1.82) is 0 Å². The lowest BCUT2D eigenvalue weighted by molar-refractivity contribution is -0.183. The molecule has 110 valence electrons. The number of alkyl halides is 3. The minimum Gasteiger partial charge on any atom is -0.339 e. The summed E-state index contributed by atoms with van der Waals surface area (Å²) in [7, 11) is 0. The van der Waals surface area contributed by atoms with Crippen LogP contribution in [0.1, 0.15) is 23.2 Å². The number of amides is 1. The molecular formula is C13H13BrF3NOS. The lowest BCUT2D eigenvalue weighted by atomic mass is 9.96. The van der Waals surface area contributed by atoms with E-state index in [9.17, 15) is 18.0 Å². The number of carbonyl (C=O) groups excluding carboxylic acids is 1. The maximum atomic E-state index is 12.6. The number of likely N-dealkylation sites (tertiary alicyclic amines) is 1. The monoisotopic (exact) mass is 367 g/mol. The van der Waals surface area contributed by atoms with E-state index in [-0.39, 0.29) is 31.8 Å². The molecule has 1 saturated heterocycles. The molecule has 0 radical (unpaired) electrons. The highest BCUT2D eigenvalue weighted by molar-refractivity contribution is 9.10. The van der Waals surface area contributed by atoms with E-state index in [1.165, 1.54) is 4.90 Å². The van der Waals surface area contributed by atoms with Crippen molar-refractivity contribution in [3.05, 3.63) is 28.2 Å². The Bertz CT molecular complexity index is 513. The molecule has 1 heterocycles. The van der Waals surface area contributed by atoms with Crippen LogP contribution in [-0.2, 0) is 0 Å². The molecule has 1 aliphatic rings. The molecule has 1 fully saturated rings. The highest BCUT2D eigenvalue weighted by atomic mass is 79.9. The van der Waals surface area contributed by atoms with Crippen LogP contribution in [0.2, 0.25) is 0 Å². The Morgan fingerprint density at radius 1 is 1.30 bits per heavy atom. The SMILES string of the molecule is O=C(c1ccc(Br)cc1S)N1CCC(C(F)(F)F)CC1. The average molecular weight is 368 g/mol. The minimum absolute atomic E-state index is 0.0341. The Kier molecular flexibility index (Phi) is 4.69. The second kappa shape index (κ2) is 5.97. The first-order chi connectivity index (χ1) is 9.29. The number of halogens is 4. The van der Waals surface area contributed by atoms with Crippen LogP contribution in [0.5, 0.6) is 0 Å². The topological polar surface area (TPSA) is 20.3 Å². The zero-order valence-corrected chi connectivity index (χ0v) is 12.9. The van der Waals surface area contributed by atoms with E-state index in [1.807, 2.05) is 0 Å². The van der Waals surface area contributed by atoms with E-state index in [2.05, 4.69) is 28.6 Å². The lowest BCUT2D eigenvalue weighted by Gasteiger charge is -2.33. The minimum atomic E-state index is -4.17. The Morgan fingerprint density at radius 2 is 1.90 bits per heavy atom. The Labute approximate surface area is 128 Å². The molecule has 1 aromatic rings. The summed E-state index contributed by atoms with van der Waals surface area (Å²) in [5.74, 6) is -1.56. The molecule has 0 unspecified atom stereocenters. The van der Waals surface area contributed by atoms with Gasteiger partial charge in [-0.3, -0.25) is 4.79 Å². The van der Waals surface area contributed by atoms with Gasteiger partial charge in [-0.2, -0.15) is 13.2 Å². The van der Waals surface area contributed by atoms with Crippen molar-refractivity contribution >= 4 is 34.5 Å². The van der Waals surface area contributed by atoms with Gasteiger partial charge in [0.25, 0.3) is 5.91 Å². The van der Waals surface area contributed by atoms with Gasteiger partial charge in [0, 0.05) is 22.5 Å². The van der Waals surface area contributed by atoms with E-state index in [1.54, 1.807) is 18.2 Å². The van der Waals surface area contributed by atoms with Gasteiger partial charge in [0.15, 0.2) is 0 Å². The number of benzene rings is 1. The lowest BCUT2D eigenvalue weighted by Crippen LogP contribution is -2.42. The highest BCUT2D eigenvalue weighted by Crippen LogP contribution is 2.34. The quantitative estimate of drug-likeness (QED) is 0.739. The first kappa shape index (κ1) is 15.7. The average Bonchev–Trinajstić information content (AvgIpc) is 2.37. The number of piperidine rings is 1. The molecule has 0 spiro atoms. The van der Waals surface area contributed by atoms with Gasteiger partial charge in [0.1, 0.15) is 0 Å². The van der Waals surface area contributed by atoms with Crippen molar-refractivity contribution in [2.45, 2.75) is 23.9 Å². The summed E-state index contributed by atoms with van der Waals surface area (Å²) in [5, 5.41) is 0. The second-order valence-corrected chi connectivity index (χ2v) is 6.17. The molecule has 0 atom stereocenters. The first-order valence-electron chi connectivity index (χ1n) is 6.13. The van der Waals surface area contributed by atoms with Crippen molar-refractivity contribution in [3.8, 4) is 0 Å². The normalized spacial score (nSPS) is 17.4. The van der Waals surface area contributed by atoms with Gasteiger partial charge in [-0.1, -0.05) is 15.9 Å². The molecule has 1 amide bonds. The predicted molar refractivity (Wildman–Crippen MR) is 76.1 cm³/mol. The van der Waals surface area contributed by atoms with Crippen LogP contribution in [0.25, 0.3) is 0 Å². The summed E-state index contributed by atoms with van der Waals surface area (Å²) >= 11 is 7.50. The fraction of sp³-hybridized carbons (Fsp3) is 0.462. The van der Waals surface area contributed by atoms with Crippen LogP contribution in [0.3, 0.4) is 0 Å². The maximum absolute atomic E-state index is 12.6. The number of hydrogen-bond acceptors (Lipinski definition) is 2. The standard InChI is InChI=1S/C13H13BrF3NOS/c14-9-1-2-10(11(20)7-9)12(19)18-5-3-8(4-6-18)13(15,16)17/h1-2,7-8,20H,3-6H2. The number of carbonyl (C=O) groups is 1. The molecule has 0 saturated carbocycles. The summed E-state index contributed by atoms with van der Waals surface area (Å²) in [6.07, 6.45) is -4.23. The van der Waals surface area contributed by atoms with Crippen molar-refractivity contribution in [2.75, 3.05) is 13.1 Å². The molecule has 1 aromatic carbocycles. The largest absolute Gasteiger partial charge is 0.391 e. The molecule has 1 aliphatic heterocycles. The summed E-state index contributed by atoms with van der Waals surface area (Å²) in [4.78, 5) is 14.2. The number of nitrogens with zero attached hydrogens (tertiary/aromatic N) is 1. The van der Waals surface area contributed by atoms with Crippen molar-refractivity contribution in [3.63, 3.8) is 0 Å². The molecule has 0 bridgehead atoms. The number of thiol groups is 1. The first-order valence-corrected chi connectivity index (χ1v) is 7.37. The van der Waals surface area contributed by atoms with Crippen molar-refractivity contribution in [2.24, 2.45) is 5.92 Å². The summed E-state index contributed by atoms with van der Waals surface area (Å²) < 4.78 is 38.5. The Hall–Kier alpha value is -0.690. The summed E-state index contributed by atoms with van der Waals surface area (Å²) in [6, 6.07) is 5.04. The zero-order chi connectivity index (χ0) is 14.9. The maximum Gasteiger partial charge on any atom is 0.391 e. The van der Waals surface area contributed by atoms with Gasteiger partial charge in [-0.05, 0) is 31.0 Å². The van der Waals surface area contributed by atoms with E-state index < -0.39 is 12.1 Å². The molecule has 0 N–H and O–H groups in total. The molecule has 0 aliphatic carbocycles. The van der Waals surface area contributed by atoms with E-state index in [0.717, 1.165) is 4.47 Å². The van der Waals surface area contributed by atoms with E-state index in [4.69, 9.17) is 0 Å². The van der Waals surface area contributed by atoms with Crippen LogP contribution in [0, 0.1) is 5.92 Å². The molecule has 0 aromatic heterocycles. The molecular weight excluding hydrogens is 355 g/mol. The molecule has 7 heteroatoms. The van der Waals surface area contributed by atoms with Crippen molar-refractivity contribution < 1.29 is 18.0 Å². The van der Waals surface area contributed by atoms with Crippen LogP contribution >= 0.6 is 28.6 Å². The highest BCUT2D eigenvalue weighted by Gasteiger charge is 2.41. The summed E-state index contributed by atoms with van der Waals surface area (Å²) in [5.41, 5.74) is 0.419. The zero-order valence-electron chi connectivity index (χ0n) is 10.5. The fourth-order valence-corrected chi connectivity index (χ4v) is 3.11. The third-order valence-electron chi connectivity index (χ3n) is 3.44. The number of hydrogen-bond donors (Lipinski definition) is 1. The van der Waals surface area contributed by atoms with E-state index >= 15 is 0 Å². The number of rotatable bonds is 1. The molecule has 2 nitrogen and oxygen atoms in total.